The van der Waals surface area contributed by atoms with Crippen LogP contribution < -0.4 is 10.6 Å². The number of nitrogens with one attached hydrogen (secondary N) is 2. The zero-order chi connectivity index (χ0) is 30.0. The Morgan fingerprint density at radius 3 is 2.00 bits per heavy atom. The first-order chi connectivity index (χ1) is 20.2. The van der Waals surface area contributed by atoms with Crippen LogP contribution in [0.1, 0.15) is 27.0 Å². The van der Waals surface area contributed by atoms with Crippen molar-refractivity contribution in [2.75, 3.05) is 12.4 Å². The average Bonchev–Trinajstić information content (AvgIpc) is 3.01. The van der Waals surface area contributed by atoms with E-state index in [0.717, 1.165) is 41.0 Å². The number of rotatable bonds is 11. The van der Waals surface area contributed by atoms with Crippen LogP contribution in [0, 0.1) is 0 Å². The van der Waals surface area contributed by atoms with Crippen molar-refractivity contribution < 1.29 is 27.9 Å². The molecule has 0 radical (unpaired) electrons. The number of carbonyl (C=O) groups excluding carboxylic acids is 2. The molecule has 5 nitrogen and oxygen atoms in total. The van der Waals surface area contributed by atoms with Crippen molar-refractivity contribution in [1.82, 2.24) is 10.6 Å². The number of aliphatic hydroxyl groups excluding tert-OH is 1. The minimum Gasteiger partial charge on any atom is -0.394 e. The summed E-state index contributed by atoms with van der Waals surface area (Å²) in [6.45, 7) is -0.320. The molecule has 0 heterocycles. The van der Waals surface area contributed by atoms with Crippen molar-refractivity contribution in [2.24, 2.45) is 0 Å². The smallest absolute Gasteiger partial charge is 0.394 e. The van der Waals surface area contributed by atoms with Gasteiger partial charge in [0.05, 0.1) is 18.2 Å². The summed E-state index contributed by atoms with van der Waals surface area (Å²) in [4.78, 5) is 26.3. The highest BCUT2D eigenvalue weighted by atomic mass is 32.2. The highest BCUT2D eigenvalue weighted by Crippen LogP contribution is 2.29. The molecule has 4 aromatic rings. The molecule has 0 saturated carbocycles. The normalized spacial score (nSPS) is 12.4. The maximum Gasteiger partial charge on any atom is 0.416 e. The summed E-state index contributed by atoms with van der Waals surface area (Å²) in [5.41, 5.74) is 2.66. The molecule has 0 fully saturated rings. The maximum atomic E-state index is 13.3. The molecule has 42 heavy (non-hydrogen) atoms. The Hall–Kier alpha value is -4.34. The fourth-order valence-electron chi connectivity index (χ4n) is 4.03. The summed E-state index contributed by atoms with van der Waals surface area (Å²) in [7, 11) is 0. The zero-order valence-electron chi connectivity index (χ0n) is 22.5. The highest BCUT2D eigenvalue weighted by Gasteiger charge is 2.30. The second kappa shape index (κ2) is 14.5. The van der Waals surface area contributed by atoms with Crippen molar-refractivity contribution in [2.45, 2.75) is 18.0 Å². The number of hydrogen-bond acceptors (Lipinski definition) is 4. The lowest BCUT2D eigenvalue weighted by Gasteiger charge is -2.18. The maximum absolute atomic E-state index is 13.3. The Morgan fingerprint density at radius 2 is 1.40 bits per heavy atom. The summed E-state index contributed by atoms with van der Waals surface area (Å²) < 4.78 is 38.9. The van der Waals surface area contributed by atoms with Gasteiger partial charge < -0.3 is 15.7 Å². The van der Waals surface area contributed by atoms with Gasteiger partial charge in [-0.25, -0.2) is 0 Å². The molecule has 0 unspecified atom stereocenters. The first-order valence-electron chi connectivity index (χ1n) is 13.1. The molecule has 0 aliphatic heterocycles. The van der Waals surface area contributed by atoms with Crippen LogP contribution in [0.25, 0.3) is 17.2 Å². The number of hydrogen-bond donors (Lipinski definition) is 3. The Kier molecular flexibility index (Phi) is 10.6. The molecule has 0 saturated heterocycles. The van der Waals surface area contributed by atoms with E-state index >= 15 is 0 Å². The minimum absolute atomic E-state index is 0.0433. The fourth-order valence-corrected chi connectivity index (χ4v) is 5.05. The number of carbonyl (C=O) groups is 2. The first kappa shape index (κ1) is 30.6. The molecular formula is C33H29F3N2O3S. The zero-order valence-corrected chi connectivity index (χ0v) is 23.3. The molecule has 4 aromatic carbocycles. The van der Waals surface area contributed by atoms with E-state index in [2.05, 4.69) is 10.6 Å². The molecular weight excluding hydrogens is 561 g/mol. The molecule has 216 valence electrons. The molecule has 0 bridgehead atoms. The van der Waals surface area contributed by atoms with Gasteiger partial charge in [0.1, 0.15) is 5.70 Å². The molecule has 4 rings (SSSR count). The van der Waals surface area contributed by atoms with Crippen LogP contribution in [-0.4, -0.2) is 35.3 Å². The average molecular weight is 591 g/mol. The van der Waals surface area contributed by atoms with Crippen molar-refractivity contribution in [3.05, 3.63) is 137 Å². The molecule has 0 aliphatic rings. The van der Waals surface area contributed by atoms with Crippen LogP contribution >= 0.6 is 11.8 Å². The van der Waals surface area contributed by atoms with E-state index < -0.39 is 29.6 Å². The van der Waals surface area contributed by atoms with E-state index in [1.807, 2.05) is 72.8 Å². The third kappa shape index (κ3) is 8.83. The van der Waals surface area contributed by atoms with Gasteiger partial charge in [-0.15, -0.1) is 0 Å². The van der Waals surface area contributed by atoms with Gasteiger partial charge in [-0.05, 0) is 52.6 Å². The van der Waals surface area contributed by atoms with Crippen molar-refractivity contribution in [3.63, 3.8) is 0 Å². The molecule has 2 amide bonds. The summed E-state index contributed by atoms with van der Waals surface area (Å²) in [5.74, 6) is -0.274. The first-order valence-corrected chi connectivity index (χ1v) is 14.3. The largest absolute Gasteiger partial charge is 0.416 e. The van der Waals surface area contributed by atoms with E-state index in [1.165, 1.54) is 17.8 Å². The van der Waals surface area contributed by atoms with Crippen LogP contribution in [-0.2, 0) is 16.7 Å². The van der Waals surface area contributed by atoms with Crippen LogP contribution in [0.15, 0.2) is 115 Å². The van der Waals surface area contributed by atoms with Gasteiger partial charge in [-0.3, -0.25) is 9.59 Å². The highest BCUT2D eigenvalue weighted by molar-refractivity contribution is 7.98. The lowest BCUT2D eigenvalue weighted by Crippen LogP contribution is -2.43. The van der Waals surface area contributed by atoms with Crippen molar-refractivity contribution in [1.29, 1.82) is 0 Å². The van der Waals surface area contributed by atoms with Gasteiger partial charge in [0, 0.05) is 17.1 Å². The second-order valence-electron chi connectivity index (χ2n) is 9.43. The number of thioether (sulfide) groups is 1. The topological polar surface area (TPSA) is 78.4 Å². The summed E-state index contributed by atoms with van der Waals surface area (Å²) in [6, 6.07) is 30.0. The Bertz CT molecular complexity index is 1490. The summed E-state index contributed by atoms with van der Waals surface area (Å²) in [6.07, 6.45) is -3.05. The molecule has 3 N–H and O–H groups in total. The molecule has 0 spiro atoms. The molecule has 1 atom stereocenters. The predicted octanol–water partition coefficient (Wildman–Crippen LogP) is 6.55. The van der Waals surface area contributed by atoms with Crippen LogP contribution in [0.3, 0.4) is 0 Å². The second-order valence-corrected chi connectivity index (χ2v) is 10.5. The van der Waals surface area contributed by atoms with Gasteiger partial charge in [-0.1, -0.05) is 84.9 Å². The van der Waals surface area contributed by atoms with Gasteiger partial charge in [0.25, 0.3) is 11.8 Å². The lowest BCUT2D eigenvalue weighted by atomic mass is 10.0. The summed E-state index contributed by atoms with van der Waals surface area (Å²) in [5, 5.41) is 15.2. The van der Waals surface area contributed by atoms with E-state index in [9.17, 15) is 27.9 Å². The van der Waals surface area contributed by atoms with Gasteiger partial charge in [0.2, 0.25) is 0 Å². The van der Waals surface area contributed by atoms with E-state index in [1.54, 1.807) is 12.1 Å². The van der Waals surface area contributed by atoms with Crippen molar-refractivity contribution in [3.8, 4) is 11.1 Å². The SMILES string of the molecule is O=C(N[C@H](CO)CSCc1ccccc1)C(=Cc1ccc(-c2ccccc2)cc1)NC(=O)c1ccc(C(F)(F)F)cc1. The molecule has 0 aromatic heterocycles. The lowest BCUT2D eigenvalue weighted by molar-refractivity contribution is -0.137. The minimum atomic E-state index is -4.54. The molecule has 0 aliphatic carbocycles. The fraction of sp³-hybridized carbons (Fsp3) is 0.152. The Labute approximate surface area is 246 Å². The van der Waals surface area contributed by atoms with Crippen LogP contribution in [0.5, 0.6) is 0 Å². The number of benzene rings is 4. The van der Waals surface area contributed by atoms with Gasteiger partial charge in [0.15, 0.2) is 0 Å². The van der Waals surface area contributed by atoms with E-state index in [4.69, 9.17) is 0 Å². The standard InChI is InChI=1S/C33H29F3N2O3S/c34-33(35,36)28-17-15-27(16-18-28)31(40)38-30(19-23-11-13-26(14-12-23)25-9-5-2-6-10-25)32(41)37-29(20-39)22-42-21-24-7-3-1-4-8-24/h1-19,29,39H,20-22H2,(H,37,41)(H,38,40)/t29-/m1/s1. The number of halogens is 3. The number of alkyl halides is 3. The van der Waals surface area contributed by atoms with E-state index in [-0.39, 0.29) is 17.9 Å². The quantitative estimate of drug-likeness (QED) is 0.173. The van der Waals surface area contributed by atoms with Gasteiger partial charge in [-0.2, -0.15) is 24.9 Å². The third-order valence-electron chi connectivity index (χ3n) is 6.28. The van der Waals surface area contributed by atoms with E-state index in [0.29, 0.717) is 17.1 Å². The number of aliphatic hydroxyl groups is 1. The Morgan fingerprint density at radius 1 is 0.810 bits per heavy atom. The van der Waals surface area contributed by atoms with Crippen molar-refractivity contribution >= 4 is 29.7 Å². The number of amides is 2. The molecule has 9 heteroatoms. The summed E-state index contributed by atoms with van der Waals surface area (Å²) >= 11 is 1.54. The Balaban J connectivity index is 1.52. The van der Waals surface area contributed by atoms with Gasteiger partial charge >= 0.3 is 6.18 Å². The van der Waals surface area contributed by atoms with Crippen LogP contribution in [0.2, 0.25) is 0 Å². The third-order valence-corrected chi connectivity index (χ3v) is 7.46. The predicted molar refractivity (Wildman–Crippen MR) is 160 cm³/mol. The van der Waals surface area contributed by atoms with Crippen LogP contribution in [0.4, 0.5) is 13.2 Å². The monoisotopic (exact) mass is 590 g/mol.